The molecule has 0 saturated carbocycles. The molecule has 0 fully saturated rings. The molecule has 1 aromatic carbocycles. The summed E-state index contributed by atoms with van der Waals surface area (Å²) < 4.78 is 0. The molecule has 0 aromatic heterocycles. The number of benzene rings is 1. The molecule has 2 nitrogen and oxygen atoms in total. The first-order valence-corrected chi connectivity index (χ1v) is 4.78. The van der Waals surface area contributed by atoms with Crippen LogP contribution in [0.5, 0.6) is 0 Å². The molecule has 0 saturated heterocycles. The molecule has 0 atom stereocenters. The maximum absolute atomic E-state index is 11.6. The van der Waals surface area contributed by atoms with Crippen molar-refractivity contribution in [3.05, 3.63) is 42.5 Å². The van der Waals surface area contributed by atoms with E-state index in [1.165, 1.54) is 0 Å². The zero-order valence-corrected chi connectivity index (χ0v) is 8.60. The fraction of sp³-hybridized carbons (Fsp3) is 0.250. The van der Waals surface area contributed by atoms with Crippen molar-refractivity contribution in [3.8, 4) is 0 Å². The number of para-hydroxylation sites is 1. The second-order valence-corrected chi connectivity index (χ2v) is 2.92. The molecule has 0 unspecified atom stereocenters. The summed E-state index contributed by atoms with van der Waals surface area (Å²) in [6, 6.07) is 9.68. The highest BCUT2D eigenvalue weighted by molar-refractivity contribution is 6.01. The summed E-state index contributed by atoms with van der Waals surface area (Å²) in [5.41, 5.74) is 0.943. The number of allylic oxidation sites excluding steroid dienone is 1. The molecule has 0 heterocycles. The van der Waals surface area contributed by atoms with Gasteiger partial charge in [-0.25, -0.2) is 0 Å². The summed E-state index contributed by atoms with van der Waals surface area (Å²) in [5.74, 6) is 0.0289. The van der Waals surface area contributed by atoms with Gasteiger partial charge in [0.15, 0.2) is 0 Å². The number of nitrogens with zero attached hydrogens (tertiary/aromatic N) is 1. The van der Waals surface area contributed by atoms with Gasteiger partial charge in [0.2, 0.25) is 0 Å². The number of likely N-dealkylation sites (N-methyl/N-ethyl adjacent to an activating group) is 1. The molecule has 1 aromatic rings. The summed E-state index contributed by atoms with van der Waals surface area (Å²) in [6.07, 6.45) is 3.34. The maximum atomic E-state index is 11.6. The van der Waals surface area contributed by atoms with Crippen molar-refractivity contribution in [2.45, 2.75) is 13.8 Å². The van der Waals surface area contributed by atoms with Crippen molar-refractivity contribution in [3.63, 3.8) is 0 Å². The lowest BCUT2D eigenvalue weighted by Crippen LogP contribution is -2.28. The molecule has 0 bridgehead atoms. The Morgan fingerprint density at radius 3 is 2.50 bits per heavy atom. The third-order valence-corrected chi connectivity index (χ3v) is 1.96. The normalized spacial score (nSPS) is 10.4. The second-order valence-electron chi connectivity index (χ2n) is 2.92. The number of rotatable bonds is 3. The monoisotopic (exact) mass is 189 g/mol. The Bertz CT molecular complexity index is 316. The first-order chi connectivity index (χ1) is 6.79. The highest BCUT2D eigenvalue weighted by atomic mass is 16.2. The van der Waals surface area contributed by atoms with Crippen molar-refractivity contribution in [1.29, 1.82) is 0 Å². The van der Waals surface area contributed by atoms with Crippen molar-refractivity contribution in [2.75, 3.05) is 11.4 Å². The zero-order valence-electron chi connectivity index (χ0n) is 8.60. The van der Waals surface area contributed by atoms with Gasteiger partial charge in [0.05, 0.1) is 0 Å². The summed E-state index contributed by atoms with van der Waals surface area (Å²) in [6.45, 7) is 4.50. The number of hydrogen-bond donors (Lipinski definition) is 0. The molecule has 14 heavy (non-hydrogen) atoms. The highest BCUT2D eigenvalue weighted by Gasteiger charge is 2.08. The fourth-order valence-electron chi connectivity index (χ4n) is 1.31. The van der Waals surface area contributed by atoms with Gasteiger partial charge in [-0.15, -0.1) is 0 Å². The van der Waals surface area contributed by atoms with E-state index in [4.69, 9.17) is 0 Å². The van der Waals surface area contributed by atoms with Crippen LogP contribution in [-0.2, 0) is 4.79 Å². The Kier molecular flexibility index (Phi) is 3.92. The molecular weight excluding hydrogens is 174 g/mol. The fourth-order valence-corrected chi connectivity index (χ4v) is 1.31. The molecule has 1 rings (SSSR count). The van der Waals surface area contributed by atoms with E-state index in [9.17, 15) is 4.79 Å². The van der Waals surface area contributed by atoms with E-state index in [0.29, 0.717) is 6.54 Å². The van der Waals surface area contributed by atoms with E-state index >= 15 is 0 Å². The molecule has 0 aliphatic heterocycles. The summed E-state index contributed by atoms with van der Waals surface area (Å²) in [4.78, 5) is 13.3. The standard InChI is InChI=1S/C12H15NO/c1-3-8-12(14)13(4-2)11-9-6-5-7-10-11/h3,5-10H,4H2,1-2H3/b8-3-. The average Bonchev–Trinajstić information content (AvgIpc) is 2.21. The van der Waals surface area contributed by atoms with Gasteiger partial charge >= 0.3 is 0 Å². The predicted molar refractivity (Wildman–Crippen MR) is 59.3 cm³/mol. The van der Waals surface area contributed by atoms with Crippen LogP contribution >= 0.6 is 0 Å². The third-order valence-electron chi connectivity index (χ3n) is 1.96. The molecule has 74 valence electrons. The average molecular weight is 189 g/mol. The zero-order chi connectivity index (χ0) is 10.4. The molecule has 0 radical (unpaired) electrons. The van der Waals surface area contributed by atoms with Crippen LogP contribution in [0.25, 0.3) is 0 Å². The lowest BCUT2D eigenvalue weighted by molar-refractivity contribution is -0.114. The highest BCUT2D eigenvalue weighted by Crippen LogP contribution is 2.12. The van der Waals surface area contributed by atoms with Gasteiger partial charge in [-0.05, 0) is 32.1 Å². The van der Waals surface area contributed by atoms with E-state index in [1.807, 2.05) is 44.2 Å². The van der Waals surface area contributed by atoms with Gasteiger partial charge in [0.1, 0.15) is 0 Å². The van der Waals surface area contributed by atoms with Gasteiger partial charge < -0.3 is 4.90 Å². The van der Waals surface area contributed by atoms with Crippen LogP contribution in [0.1, 0.15) is 13.8 Å². The minimum Gasteiger partial charge on any atom is -0.309 e. The van der Waals surface area contributed by atoms with Crippen molar-refractivity contribution >= 4 is 11.6 Å². The molecular formula is C12H15NO. The Labute approximate surface area is 84.9 Å². The van der Waals surface area contributed by atoms with Gasteiger partial charge in [-0.1, -0.05) is 24.3 Å². The molecule has 2 heteroatoms. The van der Waals surface area contributed by atoms with E-state index in [1.54, 1.807) is 17.1 Å². The lowest BCUT2D eigenvalue weighted by Gasteiger charge is -2.18. The number of carbonyl (C=O) groups is 1. The van der Waals surface area contributed by atoms with E-state index in [2.05, 4.69) is 0 Å². The smallest absolute Gasteiger partial charge is 0.250 e. The Morgan fingerprint density at radius 2 is 2.00 bits per heavy atom. The first kappa shape index (κ1) is 10.5. The SMILES string of the molecule is C/C=C\C(=O)N(CC)c1ccccc1. The quantitative estimate of drug-likeness (QED) is 0.669. The van der Waals surface area contributed by atoms with Crippen molar-refractivity contribution in [1.82, 2.24) is 0 Å². The summed E-state index contributed by atoms with van der Waals surface area (Å²) in [7, 11) is 0. The van der Waals surface area contributed by atoms with Crippen LogP contribution in [0.4, 0.5) is 5.69 Å². The predicted octanol–water partition coefficient (Wildman–Crippen LogP) is 2.62. The van der Waals surface area contributed by atoms with Crippen molar-refractivity contribution in [2.24, 2.45) is 0 Å². The maximum Gasteiger partial charge on any atom is 0.250 e. The van der Waals surface area contributed by atoms with Gasteiger partial charge in [-0.3, -0.25) is 4.79 Å². The number of anilines is 1. The lowest BCUT2D eigenvalue weighted by atomic mass is 10.3. The molecule has 0 aliphatic rings. The molecule has 0 spiro atoms. The van der Waals surface area contributed by atoms with Crippen LogP contribution in [0.2, 0.25) is 0 Å². The number of hydrogen-bond acceptors (Lipinski definition) is 1. The van der Waals surface area contributed by atoms with Crippen LogP contribution in [0.15, 0.2) is 42.5 Å². The van der Waals surface area contributed by atoms with Gasteiger partial charge in [-0.2, -0.15) is 0 Å². The largest absolute Gasteiger partial charge is 0.309 e. The molecule has 0 aliphatic carbocycles. The minimum atomic E-state index is 0.0289. The van der Waals surface area contributed by atoms with Crippen molar-refractivity contribution < 1.29 is 4.79 Å². The molecule has 1 amide bonds. The third kappa shape index (κ3) is 2.46. The van der Waals surface area contributed by atoms with Crippen LogP contribution in [0, 0.1) is 0 Å². The number of carbonyl (C=O) groups excluding carboxylic acids is 1. The van der Waals surface area contributed by atoms with Crippen LogP contribution < -0.4 is 4.90 Å². The van der Waals surface area contributed by atoms with Gasteiger partial charge in [0.25, 0.3) is 5.91 Å². The number of amides is 1. The Hall–Kier alpha value is -1.57. The first-order valence-electron chi connectivity index (χ1n) is 4.78. The summed E-state index contributed by atoms with van der Waals surface area (Å²) >= 11 is 0. The minimum absolute atomic E-state index is 0.0289. The van der Waals surface area contributed by atoms with E-state index in [-0.39, 0.29) is 5.91 Å². The Morgan fingerprint density at radius 1 is 1.36 bits per heavy atom. The van der Waals surface area contributed by atoms with E-state index in [0.717, 1.165) is 5.69 Å². The Balaban J connectivity index is 2.88. The van der Waals surface area contributed by atoms with Crippen LogP contribution in [0.3, 0.4) is 0 Å². The second kappa shape index (κ2) is 5.22. The molecule has 0 N–H and O–H groups in total. The van der Waals surface area contributed by atoms with Crippen LogP contribution in [-0.4, -0.2) is 12.5 Å². The van der Waals surface area contributed by atoms with Gasteiger partial charge in [0, 0.05) is 12.2 Å². The topological polar surface area (TPSA) is 20.3 Å². The summed E-state index contributed by atoms with van der Waals surface area (Å²) in [5, 5.41) is 0. The van der Waals surface area contributed by atoms with E-state index < -0.39 is 0 Å².